The van der Waals surface area contributed by atoms with Crippen molar-refractivity contribution in [2.24, 2.45) is 5.10 Å². The number of carbonyl (C=O) groups is 1. The molecule has 1 unspecified atom stereocenters. The lowest BCUT2D eigenvalue weighted by atomic mass is 10.0. The van der Waals surface area contributed by atoms with E-state index in [2.05, 4.69) is 15.3 Å². The zero-order chi connectivity index (χ0) is 22.8. The van der Waals surface area contributed by atoms with Crippen molar-refractivity contribution in [3.63, 3.8) is 0 Å². The first-order chi connectivity index (χ1) is 16.1. The molecule has 1 aliphatic heterocycles. The molecule has 0 saturated heterocycles. The van der Waals surface area contributed by atoms with Crippen LogP contribution in [0.25, 0.3) is 11.5 Å². The lowest BCUT2D eigenvalue weighted by Gasteiger charge is -2.19. The highest BCUT2D eigenvalue weighted by molar-refractivity contribution is 7.99. The third-order valence-electron chi connectivity index (χ3n) is 5.45. The van der Waals surface area contributed by atoms with E-state index in [9.17, 15) is 4.79 Å². The van der Waals surface area contributed by atoms with Gasteiger partial charge in [0.1, 0.15) is 11.8 Å². The number of aromatic nitrogens is 2. The molecule has 1 atom stereocenters. The second-order valence-corrected chi connectivity index (χ2v) is 8.84. The predicted molar refractivity (Wildman–Crippen MR) is 126 cm³/mol. The number of amides is 1. The van der Waals surface area contributed by atoms with Crippen LogP contribution in [-0.2, 0) is 4.79 Å². The summed E-state index contributed by atoms with van der Waals surface area (Å²) in [4.78, 5) is 13.1. The molecule has 0 radical (unpaired) electrons. The summed E-state index contributed by atoms with van der Waals surface area (Å²) in [5.74, 6) is 1.11. The van der Waals surface area contributed by atoms with Gasteiger partial charge in [-0.1, -0.05) is 59.3 Å². The molecule has 166 valence electrons. The SMILES string of the molecule is Cc1ccc(C2=NN(C(=O)CSc3nnc(-c4ccc(C)cc4)o3)C(c3ccco3)C2)cc1. The van der Waals surface area contributed by atoms with Crippen LogP contribution >= 0.6 is 11.8 Å². The Kier molecular flexibility index (Phi) is 5.83. The topological polar surface area (TPSA) is 84.7 Å². The van der Waals surface area contributed by atoms with Crippen LogP contribution in [0.2, 0.25) is 0 Å². The molecule has 1 aliphatic rings. The third-order valence-corrected chi connectivity index (χ3v) is 6.25. The Morgan fingerprint density at radius 3 is 2.36 bits per heavy atom. The van der Waals surface area contributed by atoms with Crippen molar-refractivity contribution >= 4 is 23.4 Å². The lowest BCUT2D eigenvalue weighted by Crippen LogP contribution is -2.28. The lowest BCUT2D eigenvalue weighted by molar-refractivity contribution is -0.130. The second-order valence-electron chi connectivity index (χ2n) is 7.91. The van der Waals surface area contributed by atoms with Gasteiger partial charge < -0.3 is 8.83 Å². The molecule has 3 heterocycles. The van der Waals surface area contributed by atoms with E-state index < -0.39 is 0 Å². The number of benzene rings is 2. The summed E-state index contributed by atoms with van der Waals surface area (Å²) < 4.78 is 11.3. The highest BCUT2D eigenvalue weighted by Crippen LogP contribution is 2.34. The minimum absolute atomic E-state index is 0.122. The van der Waals surface area contributed by atoms with Gasteiger partial charge in [0.05, 0.1) is 17.7 Å². The van der Waals surface area contributed by atoms with Crippen LogP contribution in [0.3, 0.4) is 0 Å². The monoisotopic (exact) mass is 458 g/mol. The third kappa shape index (κ3) is 4.61. The molecule has 2 aromatic carbocycles. The van der Waals surface area contributed by atoms with Crippen molar-refractivity contribution in [2.75, 3.05) is 5.75 Å². The second kappa shape index (κ2) is 9.07. The Bertz CT molecular complexity index is 1280. The van der Waals surface area contributed by atoms with Crippen molar-refractivity contribution in [3.05, 3.63) is 89.4 Å². The minimum atomic E-state index is -0.282. The zero-order valence-corrected chi connectivity index (χ0v) is 19.1. The number of aryl methyl sites for hydroxylation is 2. The van der Waals surface area contributed by atoms with Crippen molar-refractivity contribution in [3.8, 4) is 11.5 Å². The number of thioether (sulfide) groups is 1. The van der Waals surface area contributed by atoms with Crippen molar-refractivity contribution in [1.82, 2.24) is 15.2 Å². The fraction of sp³-hybridized carbons (Fsp3) is 0.200. The van der Waals surface area contributed by atoms with Crippen LogP contribution in [-0.4, -0.2) is 32.6 Å². The maximum Gasteiger partial charge on any atom is 0.277 e. The summed E-state index contributed by atoms with van der Waals surface area (Å²) in [6.45, 7) is 4.06. The number of hydrogen-bond donors (Lipinski definition) is 0. The maximum atomic E-state index is 13.1. The number of hydrogen-bond acceptors (Lipinski definition) is 7. The molecular formula is C25H22N4O3S. The summed E-state index contributed by atoms with van der Waals surface area (Å²) in [6.07, 6.45) is 2.20. The largest absolute Gasteiger partial charge is 0.467 e. The van der Waals surface area contributed by atoms with E-state index in [1.165, 1.54) is 22.3 Å². The average molecular weight is 459 g/mol. The highest BCUT2D eigenvalue weighted by atomic mass is 32.2. The van der Waals surface area contributed by atoms with E-state index >= 15 is 0 Å². The summed E-state index contributed by atoms with van der Waals surface area (Å²) in [7, 11) is 0. The summed E-state index contributed by atoms with van der Waals surface area (Å²) >= 11 is 1.20. The van der Waals surface area contributed by atoms with Crippen LogP contribution in [0.5, 0.6) is 0 Å². The van der Waals surface area contributed by atoms with Gasteiger partial charge in [-0.15, -0.1) is 10.2 Å². The molecule has 0 spiro atoms. The van der Waals surface area contributed by atoms with Crippen LogP contribution < -0.4 is 0 Å². The number of hydrazone groups is 1. The Morgan fingerprint density at radius 2 is 1.70 bits per heavy atom. The van der Waals surface area contributed by atoms with Crippen LogP contribution in [0.1, 0.15) is 34.9 Å². The molecule has 1 amide bonds. The van der Waals surface area contributed by atoms with Crippen molar-refractivity contribution in [2.45, 2.75) is 31.5 Å². The van der Waals surface area contributed by atoms with Crippen molar-refractivity contribution < 1.29 is 13.6 Å². The molecule has 4 aromatic rings. The van der Waals surface area contributed by atoms with Gasteiger partial charge >= 0.3 is 0 Å². The Morgan fingerprint density at radius 1 is 1.00 bits per heavy atom. The molecular weight excluding hydrogens is 436 g/mol. The van der Waals surface area contributed by atoms with E-state index in [1.54, 1.807) is 6.26 Å². The molecule has 0 aliphatic carbocycles. The first-order valence-corrected chi connectivity index (χ1v) is 11.6. The number of rotatable bonds is 6. The van der Waals surface area contributed by atoms with E-state index in [0.29, 0.717) is 23.3 Å². The fourth-order valence-electron chi connectivity index (χ4n) is 3.63. The number of nitrogens with zero attached hydrogens (tertiary/aromatic N) is 4. The molecule has 33 heavy (non-hydrogen) atoms. The van der Waals surface area contributed by atoms with Gasteiger partial charge in [0, 0.05) is 12.0 Å². The van der Waals surface area contributed by atoms with Crippen LogP contribution in [0.4, 0.5) is 0 Å². The zero-order valence-electron chi connectivity index (χ0n) is 18.3. The van der Waals surface area contributed by atoms with E-state index in [-0.39, 0.29) is 17.7 Å². The molecule has 0 N–H and O–H groups in total. The molecule has 0 fully saturated rings. The van der Waals surface area contributed by atoms with Gasteiger partial charge in [-0.05, 0) is 43.7 Å². The van der Waals surface area contributed by atoms with Gasteiger partial charge in [0.15, 0.2) is 0 Å². The van der Waals surface area contributed by atoms with E-state index in [0.717, 1.165) is 22.4 Å². The average Bonchev–Trinajstić information content (AvgIpc) is 3.59. The first-order valence-electron chi connectivity index (χ1n) is 10.6. The smallest absolute Gasteiger partial charge is 0.277 e. The van der Waals surface area contributed by atoms with Crippen molar-refractivity contribution in [1.29, 1.82) is 0 Å². The standard InChI is InChI=1S/C25H22N4O3S/c1-16-5-9-18(10-6-16)20-14-21(22-4-3-13-31-22)29(28-20)23(30)15-33-25-27-26-24(32-25)19-11-7-17(2)8-12-19/h3-13,21H,14-15H2,1-2H3. The Labute approximate surface area is 195 Å². The van der Waals surface area contributed by atoms with Gasteiger partial charge in [0.2, 0.25) is 5.89 Å². The highest BCUT2D eigenvalue weighted by Gasteiger charge is 2.35. The summed E-state index contributed by atoms with van der Waals surface area (Å²) in [5, 5.41) is 14.7. The Balaban J connectivity index is 1.31. The van der Waals surface area contributed by atoms with E-state index in [1.807, 2.05) is 74.5 Å². The summed E-state index contributed by atoms with van der Waals surface area (Å²) in [6, 6.07) is 19.4. The van der Waals surface area contributed by atoms with Crippen LogP contribution in [0.15, 0.2) is 86.1 Å². The number of carbonyl (C=O) groups excluding carboxylic acids is 1. The quantitative estimate of drug-likeness (QED) is 0.359. The first kappa shape index (κ1) is 21.2. The minimum Gasteiger partial charge on any atom is -0.467 e. The molecule has 0 bridgehead atoms. The molecule has 7 nitrogen and oxygen atoms in total. The van der Waals surface area contributed by atoms with Gasteiger partial charge in [0.25, 0.3) is 11.1 Å². The Hall–Kier alpha value is -3.65. The molecule has 2 aromatic heterocycles. The van der Waals surface area contributed by atoms with Gasteiger partial charge in [-0.2, -0.15) is 5.10 Å². The summed E-state index contributed by atoms with van der Waals surface area (Å²) in [5.41, 5.74) is 5.03. The van der Waals surface area contributed by atoms with Gasteiger partial charge in [-0.3, -0.25) is 4.79 Å². The van der Waals surface area contributed by atoms with Crippen LogP contribution in [0, 0.1) is 13.8 Å². The normalized spacial score (nSPS) is 15.6. The number of furan rings is 1. The van der Waals surface area contributed by atoms with E-state index in [4.69, 9.17) is 8.83 Å². The molecule has 5 rings (SSSR count). The molecule has 0 saturated carbocycles. The fourth-order valence-corrected chi connectivity index (χ4v) is 4.25. The van der Waals surface area contributed by atoms with Gasteiger partial charge in [-0.25, -0.2) is 5.01 Å². The maximum absolute atomic E-state index is 13.1. The molecule has 8 heteroatoms. The predicted octanol–water partition coefficient (Wildman–Crippen LogP) is 5.42.